The van der Waals surface area contributed by atoms with Crippen molar-refractivity contribution in [2.24, 2.45) is 0 Å². The summed E-state index contributed by atoms with van der Waals surface area (Å²) in [5.41, 5.74) is 0.770. The Morgan fingerprint density at radius 1 is 1.22 bits per heavy atom. The Balaban J connectivity index is 1.79. The first-order valence-electron chi connectivity index (χ1n) is 6.38. The van der Waals surface area contributed by atoms with Crippen LogP contribution in [0.2, 0.25) is 0 Å². The predicted octanol–water partition coefficient (Wildman–Crippen LogP) is 1.53. The van der Waals surface area contributed by atoms with Crippen molar-refractivity contribution in [1.29, 1.82) is 0 Å². The van der Waals surface area contributed by atoms with Gasteiger partial charge in [0.25, 0.3) is 0 Å². The summed E-state index contributed by atoms with van der Waals surface area (Å²) >= 11 is 0. The van der Waals surface area contributed by atoms with Crippen molar-refractivity contribution in [1.82, 2.24) is 9.80 Å². The number of nitrogens with zero attached hydrogens (tertiary/aromatic N) is 2. The molecule has 1 amide bonds. The fourth-order valence-corrected chi connectivity index (χ4v) is 2.27. The molecule has 1 heterocycles. The Labute approximate surface area is 107 Å². The van der Waals surface area contributed by atoms with Crippen LogP contribution in [0, 0.1) is 5.82 Å². The third kappa shape index (κ3) is 3.29. The summed E-state index contributed by atoms with van der Waals surface area (Å²) in [4.78, 5) is 15.3. The largest absolute Gasteiger partial charge is 0.340 e. The Morgan fingerprint density at radius 2 is 1.89 bits per heavy atom. The molecule has 1 aliphatic heterocycles. The first-order chi connectivity index (χ1) is 8.66. The van der Waals surface area contributed by atoms with E-state index in [1.165, 1.54) is 6.07 Å². The summed E-state index contributed by atoms with van der Waals surface area (Å²) in [6.07, 6.45) is 0.729. The Hall–Kier alpha value is -1.42. The van der Waals surface area contributed by atoms with Gasteiger partial charge in [-0.15, -0.1) is 0 Å². The highest BCUT2D eigenvalue weighted by Crippen LogP contribution is 2.09. The van der Waals surface area contributed by atoms with Gasteiger partial charge in [-0.2, -0.15) is 0 Å². The van der Waals surface area contributed by atoms with Crippen LogP contribution in [0.15, 0.2) is 24.3 Å². The molecule has 3 nitrogen and oxygen atoms in total. The van der Waals surface area contributed by atoms with E-state index in [-0.39, 0.29) is 11.7 Å². The lowest BCUT2D eigenvalue weighted by molar-refractivity contribution is -0.130. The number of halogens is 1. The van der Waals surface area contributed by atoms with Gasteiger partial charge in [-0.3, -0.25) is 9.69 Å². The molecule has 0 unspecified atom stereocenters. The van der Waals surface area contributed by atoms with E-state index < -0.39 is 0 Å². The van der Waals surface area contributed by atoms with Gasteiger partial charge in [-0.1, -0.05) is 18.2 Å². The maximum atomic E-state index is 13.4. The van der Waals surface area contributed by atoms with Gasteiger partial charge in [-0.05, 0) is 18.1 Å². The van der Waals surface area contributed by atoms with Crippen molar-refractivity contribution in [3.8, 4) is 0 Å². The van der Waals surface area contributed by atoms with Crippen LogP contribution in [0.3, 0.4) is 0 Å². The van der Waals surface area contributed by atoms with Crippen molar-refractivity contribution in [3.63, 3.8) is 0 Å². The second-order valence-electron chi connectivity index (χ2n) is 4.69. The van der Waals surface area contributed by atoms with E-state index in [1.54, 1.807) is 13.0 Å². The van der Waals surface area contributed by atoms with Crippen molar-refractivity contribution in [2.45, 2.75) is 13.3 Å². The molecule has 1 aromatic rings. The number of carbonyl (C=O) groups excluding carboxylic acids is 1. The van der Waals surface area contributed by atoms with Crippen LogP contribution in [0.5, 0.6) is 0 Å². The first-order valence-corrected chi connectivity index (χ1v) is 6.38. The van der Waals surface area contributed by atoms with Gasteiger partial charge >= 0.3 is 0 Å². The third-order valence-electron chi connectivity index (χ3n) is 3.47. The molecule has 0 spiro atoms. The van der Waals surface area contributed by atoms with Crippen molar-refractivity contribution >= 4 is 5.91 Å². The van der Waals surface area contributed by atoms with Gasteiger partial charge in [0.1, 0.15) is 5.82 Å². The molecule has 0 atom stereocenters. The van der Waals surface area contributed by atoms with E-state index in [0.29, 0.717) is 0 Å². The predicted molar refractivity (Wildman–Crippen MR) is 68.8 cm³/mol. The molecule has 1 fully saturated rings. The van der Waals surface area contributed by atoms with E-state index in [1.807, 2.05) is 17.0 Å². The number of piperazine rings is 1. The molecule has 0 radical (unpaired) electrons. The molecule has 0 N–H and O–H groups in total. The minimum atomic E-state index is -0.125. The van der Waals surface area contributed by atoms with Gasteiger partial charge in [-0.25, -0.2) is 4.39 Å². The number of hydrogen-bond acceptors (Lipinski definition) is 2. The summed E-state index contributed by atoms with van der Waals surface area (Å²) in [6, 6.07) is 6.92. The first kappa shape index (κ1) is 13.0. The van der Waals surface area contributed by atoms with Crippen molar-refractivity contribution in [2.75, 3.05) is 32.7 Å². The molecule has 18 heavy (non-hydrogen) atoms. The summed E-state index contributed by atoms with van der Waals surface area (Å²) in [5.74, 6) is 0.0172. The van der Waals surface area contributed by atoms with E-state index in [0.717, 1.165) is 44.7 Å². The Kier molecular flexibility index (Phi) is 4.31. The van der Waals surface area contributed by atoms with Crippen LogP contribution < -0.4 is 0 Å². The Morgan fingerprint density at radius 3 is 2.50 bits per heavy atom. The van der Waals surface area contributed by atoms with Crippen LogP contribution in [-0.4, -0.2) is 48.4 Å². The molecular weight excluding hydrogens is 231 g/mol. The van der Waals surface area contributed by atoms with Crippen LogP contribution in [0.1, 0.15) is 12.5 Å². The number of benzene rings is 1. The highest BCUT2D eigenvalue weighted by molar-refractivity contribution is 5.73. The molecule has 0 aliphatic carbocycles. The summed E-state index contributed by atoms with van der Waals surface area (Å²) in [7, 11) is 0. The smallest absolute Gasteiger partial charge is 0.219 e. The van der Waals surface area contributed by atoms with Gasteiger partial charge in [0.15, 0.2) is 0 Å². The fourth-order valence-electron chi connectivity index (χ4n) is 2.27. The van der Waals surface area contributed by atoms with Gasteiger partial charge in [0.05, 0.1) is 0 Å². The quantitative estimate of drug-likeness (QED) is 0.812. The Bertz CT molecular complexity index is 414. The molecule has 0 bridgehead atoms. The van der Waals surface area contributed by atoms with E-state index in [4.69, 9.17) is 0 Å². The number of amides is 1. The lowest BCUT2D eigenvalue weighted by Crippen LogP contribution is -2.48. The number of hydrogen-bond donors (Lipinski definition) is 0. The topological polar surface area (TPSA) is 23.6 Å². The zero-order chi connectivity index (χ0) is 13.0. The molecule has 2 rings (SSSR count). The SMILES string of the molecule is CC(=O)N1CCN(CCc2ccccc2F)CC1. The van der Waals surface area contributed by atoms with Crippen LogP contribution >= 0.6 is 0 Å². The second kappa shape index (κ2) is 5.96. The van der Waals surface area contributed by atoms with Crippen LogP contribution in [0.4, 0.5) is 4.39 Å². The lowest BCUT2D eigenvalue weighted by Gasteiger charge is -2.34. The monoisotopic (exact) mass is 250 g/mol. The van der Waals surface area contributed by atoms with E-state index >= 15 is 0 Å². The molecule has 0 aromatic heterocycles. The molecule has 1 saturated heterocycles. The van der Waals surface area contributed by atoms with Crippen LogP contribution in [-0.2, 0) is 11.2 Å². The zero-order valence-electron chi connectivity index (χ0n) is 10.7. The standard InChI is InChI=1S/C14H19FN2O/c1-12(18)17-10-8-16(9-11-17)7-6-13-4-2-3-5-14(13)15/h2-5H,6-11H2,1H3. The molecule has 4 heteroatoms. The van der Waals surface area contributed by atoms with E-state index in [9.17, 15) is 9.18 Å². The third-order valence-corrected chi connectivity index (χ3v) is 3.47. The average molecular weight is 250 g/mol. The molecule has 98 valence electrons. The average Bonchev–Trinajstić information content (AvgIpc) is 2.38. The van der Waals surface area contributed by atoms with Gasteiger partial charge in [0, 0.05) is 39.6 Å². The van der Waals surface area contributed by atoms with E-state index in [2.05, 4.69) is 4.90 Å². The summed E-state index contributed by atoms with van der Waals surface area (Å²) in [5, 5.41) is 0. The molecule has 1 aromatic carbocycles. The summed E-state index contributed by atoms with van der Waals surface area (Å²) in [6.45, 7) is 5.79. The van der Waals surface area contributed by atoms with Gasteiger partial charge < -0.3 is 4.90 Å². The van der Waals surface area contributed by atoms with Crippen molar-refractivity contribution in [3.05, 3.63) is 35.6 Å². The number of carbonyl (C=O) groups is 1. The van der Waals surface area contributed by atoms with Crippen molar-refractivity contribution < 1.29 is 9.18 Å². The highest BCUT2D eigenvalue weighted by Gasteiger charge is 2.18. The summed E-state index contributed by atoms with van der Waals surface area (Å²) < 4.78 is 13.4. The van der Waals surface area contributed by atoms with Gasteiger partial charge in [0.2, 0.25) is 5.91 Å². The molecule has 1 aliphatic rings. The zero-order valence-corrected chi connectivity index (χ0v) is 10.7. The minimum absolute atomic E-state index is 0.125. The highest BCUT2D eigenvalue weighted by atomic mass is 19.1. The number of rotatable bonds is 3. The normalized spacial score (nSPS) is 16.9. The minimum Gasteiger partial charge on any atom is -0.340 e. The maximum absolute atomic E-state index is 13.4. The maximum Gasteiger partial charge on any atom is 0.219 e. The fraction of sp³-hybridized carbons (Fsp3) is 0.500. The molecule has 0 saturated carbocycles. The lowest BCUT2D eigenvalue weighted by atomic mass is 10.1. The molecular formula is C14H19FN2O. The second-order valence-corrected chi connectivity index (χ2v) is 4.69. The van der Waals surface area contributed by atoms with Crippen LogP contribution in [0.25, 0.3) is 0 Å².